The second-order valence-corrected chi connectivity index (χ2v) is 4.28. The summed E-state index contributed by atoms with van der Waals surface area (Å²) in [5.41, 5.74) is -0.946. The van der Waals surface area contributed by atoms with E-state index in [4.69, 9.17) is 4.74 Å². The molecule has 106 valence electrons. The number of aromatic nitrogens is 1. The highest BCUT2D eigenvalue weighted by molar-refractivity contribution is 9.09. The Labute approximate surface area is 116 Å². The highest BCUT2D eigenvalue weighted by atomic mass is 79.9. The number of pyridine rings is 1. The van der Waals surface area contributed by atoms with E-state index in [1.54, 1.807) is 0 Å². The zero-order valence-electron chi connectivity index (χ0n) is 9.84. The maximum absolute atomic E-state index is 12.3. The molecule has 0 aromatic carbocycles. The van der Waals surface area contributed by atoms with Crippen LogP contribution in [0.1, 0.15) is 16.1 Å². The fourth-order valence-electron chi connectivity index (χ4n) is 1.18. The molecule has 0 aliphatic heterocycles. The first-order valence-corrected chi connectivity index (χ1v) is 6.52. The van der Waals surface area contributed by atoms with Gasteiger partial charge in [-0.2, -0.15) is 13.2 Å². The lowest BCUT2D eigenvalue weighted by atomic mass is 10.2. The van der Waals surface area contributed by atoms with E-state index in [1.165, 1.54) is 0 Å². The maximum atomic E-state index is 12.3. The Morgan fingerprint density at radius 3 is 2.63 bits per heavy atom. The van der Waals surface area contributed by atoms with Gasteiger partial charge >= 0.3 is 6.18 Å². The van der Waals surface area contributed by atoms with Gasteiger partial charge in [-0.05, 0) is 12.1 Å². The van der Waals surface area contributed by atoms with Crippen molar-refractivity contribution < 1.29 is 22.7 Å². The van der Waals surface area contributed by atoms with Crippen LogP contribution in [-0.4, -0.2) is 36.0 Å². The van der Waals surface area contributed by atoms with Gasteiger partial charge in [-0.25, -0.2) is 0 Å². The molecule has 8 heteroatoms. The molecule has 0 saturated heterocycles. The molecule has 0 unspecified atom stereocenters. The fraction of sp³-hybridized carbons (Fsp3) is 0.455. The van der Waals surface area contributed by atoms with E-state index in [1.807, 2.05) is 0 Å². The summed E-state index contributed by atoms with van der Waals surface area (Å²) in [4.78, 5) is 15.0. The van der Waals surface area contributed by atoms with Gasteiger partial charge in [-0.1, -0.05) is 15.9 Å². The Kier molecular flexibility index (Phi) is 6.23. The summed E-state index contributed by atoms with van der Waals surface area (Å²) in [5, 5.41) is 3.19. The van der Waals surface area contributed by atoms with Gasteiger partial charge < -0.3 is 10.1 Å². The molecule has 1 aromatic rings. The Morgan fingerprint density at radius 2 is 2.11 bits per heavy atom. The molecule has 0 atom stereocenters. The minimum Gasteiger partial charge on any atom is -0.379 e. The van der Waals surface area contributed by atoms with Crippen LogP contribution in [0.4, 0.5) is 13.2 Å². The molecular formula is C11H12BrF3N2O2. The van der Waals surface area contributed by atoms with Gasteiger partial charge in [-0.15, -0.1) is 0 Å². The minimum absolute atomic E-state index is 0.0616. The molecule has 0 aliphatic carbocycles. The van der Waals surface area contributed by atoms with Crippen LogP contribution in [0.2, 0.25) is 0 Å². The summed E-state index contributed by atoms with van der Waals surface area (Å²) in [6, 6.07) is 1.86. The first-order chi connectivity index (χ1) is 8.95. The normalized spacial score (nSPS) is 11.4. The molecule has 1 N–H and O–H groups in total. The van der Waals surface area contributed by atoms with E-state index in [-0.39, 0.29) is 12.2 Å². The van der Waals surface area contributed by atoms with E-state index < -0.39 is 17.6 Å². The number of hydrogen-bond donors (Lipinski definition) is 1. The quantitative estimate of drug-likeness (QED) is 0.638. The summed E-state index contributed by atoms with van der Waals surface area (Å²) in [5.74, 6) is -0.531. The zero-order chi connectivity index (χ0) is 14.3. The van der Waals surface area contributed by atoms with Crippen molar-refractivity contribution in [1.82, 2.24) is 10.3 Å². The molecule has 0 saturated carbocycles. The average molecular weight is 341 g/mol. The number of carbonyl (C=O) groups is 1. The molecular weight excluding hydrogens is 329 g/mol. The number of rotatable bonds is 6. The van der Waals surface area contributed by atoms with Crippen molar-refractivity contribution >= 4 is 21.8 Å². The van der Waals surface area contributed by atoms with Crippen molar-refractivity contribution in [3.8, 4) is 0 Å². The van der Waals surface area contributed by atoms with Gasteiger partial charge in [0.2, 0.25) is 0 Å². The molecule has 0 fully saturated rings. The minimum atomic E-state index is -4.45. The van der Waals surface area contributed by atoms with Crippen molar-refractivity contribution in [3.63, 3.8) is 0 Å². The van der Waals surface area contributed by atoms with Crippen LogP contribution in [0, 0.1) is 0 Å². The second-order valence-electron chi connectivity index (χ2n) is 3.49. The van der Waals surface area contributed by atoms with Crippen molar-refractivity contribution in [1.29, 1.82) is 0 Å². The van der Waals surface area contributed by atoms with E-state index in [2.05, 4.69) is 26.2 Å². The Morgan fingerprint density at radius 1 is 1.37 bits per heavy atom. The predicted octanol–water partition coefficient (Wildman–Crippen LogP) is 2.24. The monoisotopic (exact) mass is 340 g/mol. The van der Waals surface area contributed by atoms with Crippen molar-refractivity contribution in [2.45, 2.75) is 6.18 Å². The molecule has 4 nitrogen and oxygen atoms in total. The molecule has 19 heavy (non-hydrogen) atoms. The van der Waals surface area contributed by atoms with Crippen LogP contribution in [-0.2, 0) is 10.9 Å². The van der Waals surface area contributed by atoms with Gasteiger partial charge in [0, 0.05) is 18.1 Å². The first-order valence-electron chi connectivity index (χ1n) is 5.40. The van der Waals surface area contributed by atoms with Gasteiger partial charge in [0.1, 0.15) is 5.69 Å². The summed E-state index contributed by atoms with van der Waals surface area (Å²) in [7, 11) is 0. The van der Waals surface area contributed by atoms with Crippen LogP contribution in [0.5, 0.6) is 0 Å². The third kappa shape index (κ3) is 5.56. The van der Waals surface area contributed by atoms with Crippen LogP contribution in [0.3, 0.4) is 0 Å². The summed E-state index contributed by atoms with van der Waals surface area (Å²) in [6.45, 7) is 1.13. The summed E-state index contributed by atoms with van der Waals surface area (Å²) >= 11 is 3.18. The van der Waals surface area contributed by atoms with E-state index in [9.17, 15) is 18.0 Å². The van der Waals surface area contributed by atoms with E-state index in [0.717, 1.165) is 12.1 Å². The van der Waals surface area contributed by atoms with Crippen molar-refractivity contribution in [3.05, 3.63) is 29.6 Å². The second kappa shape index (κ2) is 7.44. The molecule has 0 radical (unpaired) electrons. The summed E-state index contributed by atoms with van der Waals surface area (Å²) < 4.78 is 41.9. The lowest BCUT2D eigenvalue weighted by Crippen LogP contribution is -2.28. The van der Waals surface area contributed by atoms with Crippen molar-refractivity contribution in [2.75, 3.05) is 25.1 Å². The van der Waals surface area contributed by atoms with Gasteiger partial charge in [0.15, 0.2) is 0 Å². The number of nitrogens with one attached hydrogen (secondary N) is 1. The number of alkyl halides is 4. The highest BCUT2D eigenvalue weighted by Gasteiger charge is 2.30. The smallest absolute Gasteiger partial charge is 0.379 e. The Hall–Kier alpha value is -1.15. The number of ether oxygens (including phenoxy) is 1. The van der Waals surface area contributed by atoms with Gasteiger partial charge in [-0.3, -0.25) is 9.78 Å². The molecule has 0 bridgehead atoms. The lowest BCUT2D eigenvalue weighted by Gasteiger charge is -2.07. The van der Waals surface area contributed by atoms with Crippen LogP contribution >= 0.6 is 15.9 Å². The van der Waals surface area contributed by atoms with Crippen molar-refractivity contribution in [2.24, 2.45) is 0 Å². The van der Waals surface area contributed by atoms with Crippen LogP contribution in [0.15, 0.2) is 18.3 Å². The number of halogens is 4. The topological polar surface area (TPSA) is 51.2 Å². The van der Waals surface area contributed by atoms with E-state index >= 15 is 0 Å². The zero-order valence-corrected chi connectivity index (χ0v) is 11.4. The standard InChI is InChI=1S/C11H12BrF3N2O2/c12-3-5-19-6-4-16-10(18)9-2-1-8(7-17-9)11(13,14)15/h1-2,7H,3-6H2,(H,16,18). The fourth-order valence-corrected chi connectivity index (χ4v) is 1.41. The number of nitrogens with zero attached hydrogens (tertiary/aromatic N) is 1. The maximum Gasteiger partial charge on any atom is 0.417 e. The van der Waals surface area contributed by atoms with Crippen LogP contribution in [0.25, 0.3) is 0 Å². The lowest BCUT2D eigenvalue weighted by molar-refractivity contribution is -0.137. The number of amides is 1. The average Bonchev–Trinajstić information content (AvgIpc) is 2.37. The summed E-state index contributed by atoms with van der Waals surface area (Å²) in [6.07, 6.45) is -3.82. The third-order valence-electron chi connectivity index (χ3n) is 2.08. The molecule has 0 aliphatic rings. The predicted molar refractivity (Wildman–Crippen MR) is 66.2 cm³/mol. The largest absolute Gasteiger partial charge is 0.417 e. The molecule has 1 amide bonds. The Bertz CT molecular complexity index is 409. The SMILES string of the molecule is O=C(NCCOCCBr)c1ccc(C(F)(F)F)cn1. The molecule has 1 rings (SSSR count). The molecule has 1 heterocycles. The van der Waals surface area contributed by atoms with Crippen LogP contribution < -0.4 is 5.32 Å². The first kappa shape index (κ1) is 15.9. The molecule has 1 aromatic heterocycles. The van der Waals surface area contributed by atoms with E-state index in [0.29, 0.717) is 24.7 Å². The van der Waals surface area contributed by atoms with Gasteiger partial charge in [0.25, 0.3) is 5.91 Å². The number of hydrogen-bond acceptors (Lipinski definition) is 3. The molecule has 0 spiro atoms. The number of carbonyl (C=O) groups excluding carboxylic acids is 1. The Balaban J connectivity index is 2.45. The third-order valence-corrected chi connectivity index (χ3v) is 2.40. The highest BCUT2D eigenvalue weighted by Crippen LogP contribution is 2.28. The van der Waals surface area contributed by atoms with Gasteiger partial charge in [0.05, 0.1) is 18.8 Å².